The predicted molar refractivity (Wildman–Crippen MR) is 160 cm³/mol. The number of nitrogens with two attached hydrogens (primary N) is 1. The van der Waals surface area contributed by atoms with Crippen LogP contribution in [-0.4, -0.2) is 79.6 Å². The van der Waals surface area contributed by atoms with Crippen LogP contribution in [0.5, 0.6) is 0 Å². The number of ether oxygens (including phenoxy) is 1. The van der Waals surface area contributed by atoms with Crippen molar-refractivity contribution in [1.29, 1.82) is 0 Å². The molecule has 2 aliphatic carbocycles. The van der Waals surface area contributed by atoms with Gasteiger partial charge in [-0.2, -0.15) is 0 Å². The van der Waals surface area contributed by atoms with Crippen LogP contribution in [0.25, 0.3) is 22.0 Å². The van der Waals surface area contributed by atoms with E-state index >= 15 is 8.78 Å². The van der Waals surface area contributed by atoms with Gasteiger partial charge in [0.1, 0.15) is 0 Å². The van der Waals surface area contributed by atoms with Crippen molar-refractivity contribution in [3.8, 4) is 11.1 Å². The van der Waals surface area contributed by atoms with Crippen molar-refractivity contribution in [3.63, 3.8) is 0 Å². The van der Waals surface area contributed by atoms with E-state index in [2.05, 4.69) is 20.2 Å². The molecule has 3 N–H and O–H groups in total. The monoisotopic (exact) mass is 609 g/mol. The third kappa shape index (κ3) is 5.37. The number of ketones is 1. The number of carbonyl (C=O) groups is 1. The Bertz CT molecular complexity index is 1720. The number of piperidine rings is 1. The summed E-state index contributed by atoms with van der Waals surface area (Å²) in [6.45, 7) is 3.58. The minimum Gasteiger partial charge on any atom is -0.383 e. The van der Waals surface area contributed by atoms with E-state index in [4.69, 9.17) is 9.88 Å². The number of rotatable bonds is 8. The number of alkyl halides is 2. The number of fused-ring (bicyclic) bond motifs is 2. The molecular formula is C31H33F2N5O4S. The van der Waals surface area contributed by atoms with Crippen molar-refractivity contribution in [2.45, 2.75) is 36.0 Å². The Morgan fingerprint density at radius 1 is 1.19 bits per heavy atom. The quantitative estimate of drug-likeness (QED) is 0.394. The lowest BCUT2D eigenvalue weighted by Gasteiger charge is -2.33. The second kappa shape index (κ2) is 11.5. The molecule has 3 aliphatic rings. The molecule has 4 atom stereocenters. The summed E-state index contributed by atoms with van der Waals surface area (Å²) >= 11 is 0. The number of anilines is 1. The molecule has 2 fully saturated rings. The lowest BCUT2D eigenvalue weighted by atomic mass is 9.78. The van der Waals surface area contributed by atoms with Gasteiger partial charge in [-0.05, 0) is 47.7 Å². The van der Waals surface area contributed by atoms with Crippen molar-refractivity contribution in [3.05, 3.63) is 78.0 Å². The van der Waals surface area contributed by atoms with Gasteiger partial charge in [-0.3, -0.25) is 4.79 Å². The summed E-state index contributed by atoms with van der Waals surface area (Å²) in [4.78, 5) is 24.5. The molecule has 0 spiro atoms. The Morgan fingerprint density at radius 2 is 1.95 bits per heavy atom. The lowest BCUT2D eigenvalue weighted by molar-refractivity contribution is -0.118. The number of Topliss-reactive ketones (excluding diaryl/α,β-unsaturated/α-hetero) is 1. The summed E-state index contributed by atoms with van der Waals surface area (Å²) in [6.07, 6.45) is 4.68. The van der Waals surface area contributed by atoms with Crippen LogP contribution in [0.4, 0.5) is 14.7 Å². The van der Waals surface area contributed by atoms with Crippen molar-refractivity contribution in [1.82, 2.24) is 14.9 Å². The highest BCUT2D eigenvalue weighted by atomic mass is 32.2. The molecule has 226 valence electrons. The molecule has 1 saturated heterocycles. The molecule has 6 rings (SSSR count). The van der Waals surface area contributed by atoms with E-state index in [1.807, 2.05) is 18.2 Å². The molecule has 4 unspecified atom stereocenters. The summed E-state index contributed by atoms with van der Waals surface area (Å²) in [6, 6.07) is 12.5. The van der Waals surface area contributed by atoms with Crippen LogP contribution >= 0.6 is 0 Å². The fourth-order valence-corrected chi connectivity index (χ4v) is 7.40. The molecule has 9 nitrogen and oxygen atoms in total. The molecule has 12 heteroatoms. The van der Waals surface area contributed by atoms with E-state index < -0.39 is 38.8 Å². The molecule has 43 heavy (non-hydrogen) atoms. The van der Waals surface area contributed by atoms with E-state index in [1.165, 1.54) is 6.08 Å². The predicted octanol–water partition coefficient (Wildman–Crippen LogP) is 3.89. The number of likely N-dealkylation sites (tertiary alicyclic amines) is 1. The third-order valence-corrected chi connectivity index (χ3v) is 10.0. The maximum absolute atomic E-state index is 16.1. The highest BCUT2D eigenvalue weighted by molar-refractivity contribution is 7.90. The zero-order valence-corrected chi connectivity index (χ0v) is 24.4. The van der Waals surface area contributed by atoms with Gasteiger partial charge < -0.3 is 15.0 Å². The standard InChI is InChI=1S/C31H33F2N5O4S/c1-42-16-15-38-13-10-21(11-14-38)36-30-35-18-20-17-19(8-9-25(20)37-30)22-5-2-3-6-23(22)26-27-24(29(39)28(26)32)7-4-12-31(27,33)43(34,40)41/h2-9,12,17-18,21,26-28H,10-11,13-16H2,1H3,(H2,34,40,41)(H,35,36,37). The van der Waals surface area contributed by atoms with Crippen molar-refractivity contribution < 1.29 is 26.7 Å². The molecule has 1 aliphatic heterocycles. The SMILES string of the molecule is COCCN1CCC(Nc2ncc3cc(-c4ccccc4C4C(F)C(=O)C5=CC=CC(F)(S(N)(=O)=O)C54)ccc3n2)CC1. The summed E-state index contributed by atoms with van der Waals surface area (Å²) in [5.74, 6) is -3.43. The van der Waals surface area contributed by atoms with Gasteiger partial charge in [-0.25, -0.2) is 32.3 Å². The Kier molecular flexibility index (Phi) is 7.88. The maximum Gasteiger partial charge on any atom is 0.250 e. The van der Waals surface area contributed by atoms with Crippen LogP contribution < -0.4 is 10.5 Å². The topological polar surface area (TPSA) is 128 Å². The average molecular weight is 610 g/mol. The van der Waals surface area contributed by atoms with Crippen LogP contribution in [0.3, 0.4) is 0 Å². The van der Waals surface area contributed by atoms with Crippen LogP contribution in [-0.2, 0) is 19.6 Å². The van der Waals surface area contributed by atoms with E-state index in [9.17, 15) is 13.2 Å². The number of benzene rings is 2. The molecule has 3 aromatic rings. The maximum atomic E-state index is 16.1. The summed E-state index contributed by atoms with van der Waals surface area (Å²) in [5, 5.41) is 6.34. The average Bonchev–Trinajstić information content (AvgIpc) is 3.26. The second-order valence-corrected chi connectivity index (χ2v) is 13.0. The van der Waals surface area contributed by atoms with Crippen molar-refractivity contribution in [2.24, 2.45) is 11.1 Å². The minimum atomic E-state index is -4.84. The van der Waals surface area contributed by atoms with Gasteiger partial charge in [-0.15, -0.1) is 0 Å². The van der Waals surface area contributed by atoms with E-state index in [-0.39, 0.29) is 11.6 Å². The summed E-state index contributed by atoms with van der Waals surface area (Å²) in [7, 11) is -3.13. The Balaban J connectivity index is 1.28. The van der Waals surface area contributed by atoms with Gasteiger partial charge >= 0.3 is 0 Å². The Morgan fingerprint density at radius 3 is 2.70 bits per heavy atom. The molecule has 0 amide bonds. The molecule has 0 bridgehead atoms. The number of halogens is 2. The van der Waals surface area contributed by atoms with Crippen molar-refractivity contribution in [2.75, 3.05) is 38.7 Å². The molecule has 2 heterocycles. The van der Waals surface area contributed by atoms with Gasteiger partial charge in [0.05, 0.1) is 18.0 Å². The highest BCUT2D eigenvalue weighted by Crippen LogP contribution is 2.54. The number of nitrogens with one attached hydrogen (secondary N) is 1. The fraction of sp³-hybridized carbons (Fsp3) is 0.387. The highest BCUT2D eigenvalue weighted by Gasteiger charge is 2.62. The number of allylic oxidation sites excluding steroid dienone is 3. The number of methoxy groups -OCH3 is 1. The number of hydrogen-bond donors (Lipinski definition) is 2. The van der Waals surface area contributed by atoms with Gasteiger partial charge in [0.2, 0.25) is 21.0 Å². The van der Waals surface area contributed by atoms with E-state index in [1.54, 1.807) is 37.6 Å². The number of primary sulfonamides is 1. The number of carbonyl (C=O) groups excluding carboxylic acids is 1. The zero-order chi connectivity index (χ0) is 30.4. The van der Waals surface area contributed by atoms with Crippen molar-refractivity contribution >= 4 is 32.7 Å². The smallest absolute Gasteiger partial charge is 0.250 e. The number of sulfonamides is 1. The first kappa shape index (κ1) is 29.5. The van der Waals surface area contributed by atoms with Crippen LogP contribution in [0, 0.1) is 5.92 Å². The van der Waals surface area contributed by atoms with Crippen LogP contribution in [0.1, 0.15) is 24.3 Å². The second-order valence-electron chi connectivity index (χ2n) is 11.3. The summed E-state index contributed by atoms with van der Waals surface area (Å²) in [5.41, 5.74) is 2.00. The van der Waals surface area contributed by atoms with Gasteiger partial charge in [-0.1, -0.05) is 42.5 Å². The first-order chi connectivity index (χ1) is 20.6. The summed E-state index contributed by atoms with van der Waals surface area (Å²) < 4.78 is 61.9. The third-order valence-electron chi connectivity index (χ3n) is 8.75. The van der Waals surface area contributed by atoms with E-state index in [0.717, 1.165) is 50.0 Å². The van der Waals surface area contributed by atoms with Crippen LogP contribution in [0.15, 0.2) is 72.5 Å². The molecular weight excluding hydrogens is 576 g/mol. The normalized spacial score (nSPS) is 26.5. The molecule has 2 aromatic carbocycles. The molecule has 1 saturated carbocycles. The zero-order valence-electron chi connectivity index (χ0n) is 23.6. The first-order valence-corrected chi connectivity index (χ1v) is 15.8. The number of hydrogen-bond acceptors (Lipinski definition) is 8. The van der Waals surface area contributed by atoms with Gasteiger partial charge in [0.25, 0.3) is 0 Å². The van der Waals surface area contributed by atoms with Gasteiger partial charge in [0.15, 0.2) is 12.0 Å². The fourth-order valence-electron chi connectivity index (χ4n) is 6.50. The lowest BCUT2D eigenvalue weighted by Crippen LogP contribution is -2.47. The van der Waals surface area contributed by atoms with Crippen LogP contribution in [0.2, 0.25) is 0 Å². The first-order valence-electron chi connectivity index (χ1n) is 14.2. The largest absolute Gasteiger partial charge is 0.383 e. The van der Waals surface area contributed by atoms with E-state index in [0.29, 0.717) is 34.8 Å². The Hall–Kier alpha value is -3.58. The van der Waals surface area contributed by atoms with Gasteiger partial charge in [0, 0.05) is 55.9 Å². The Labute approximate surface area is 248 Å². The molecule has 1 aromatic heterocycles. The number of aromatic nitrogens is 2. The number of nitrogens with zero attached hydrogens (tertiary/aromatic N) is 3. The minimum absolute atomic E-state index is 0.223. The molecule has 0 radical (unpaired) electrons.